The quantitative estimate of drug-likeness (QED) is 0.103. The highest BCUT2D eigenvalue weighted by molar-refractivity contribution is 6.27. The number of pyridine rings is 4. The Hall–Kier alpha value is -20.8. The maximum atomic E-state index is 9.39. The van der Waals surface area contributed by atoms with Crippen molar-refractivity contribution >= 4 is 173 Å². The van der Waals surface area contributed by atoms with Crippen LogP contribution >= 0.6 is 0 Å². The van der Waals surface area contributed by atoms with E-state index in [-0.39, 0.29) is 0 Å². The summed E-state index contributed by atoms with van der Waals surface area (Å²) in [5, 5.41) is 65.0. The number of hydrogen-bond donors (Lipinski definition) is 0. The molecule has 0 aliphatic rings. The number of hydrogen-bond acceptors (Lipinski definition) is 8. The summed E-state index contributed by atoms with van der Waals surface area (Å²) in [6, 6.07) is 187. The van der Waals surface area contributed by atoms with Gasteiger partial charge < -0.3 is 0 Å². The molecule has 692 valence electrons. The number of fused-ring (bicyclic) bond motifs is 24. The van der Waals surface area contributed by atoms with Gasteiger partial charge in [-0.15, -0.1) is 0 Å². The van der Waals surface area contributed by atoms with Crippen molar-refractivity contribution in [1.82, 2.24) is 19.9 Å². The van der Waals surface area contributed by atoms with Crippen molar-refractivity contribution in [2.45, 2.75) is 0 Å². The Morgan fingerprint density at radius 2 is 0.280 bits per heavy atom. The van der Waals surface area contributed by atoms with Gasteiger partial charge in [0.2, 0.25) is 0 Å². The Morgan fingerprint density at radius 3 is 0.507 bits per heavy atom. The van der Waals surface area contributed by atoms with Crippen LogP contribution in [0, 0.1) is 45.3 Å². The molecule has 29 rings (SSSR count). The molecule has 0 fully saturated rings. The van der Waals surface area contributed by atoms with Crippen molar-refractivity contribution in [1.29, 1.82) is 21.0 Å². The molecular weight excluding hydrogens is 1820 g/mol. The number of nitriles is 4. The van der Waals surface area contributed by atoms with Gasteiger partial charge in [0.15, 0.2) is 0 Å². The molecule has 25 aromatic carbocycles. The largest absolute Gasteiger partial charge is 0.246 e. The summed E-state index contributed by atoms with van der Waals surface area (Å²) in [7, 11) is 0. The van der Waals surface area contributed by atoms with Crippen LogP contribution in [-0.2, 0) is 0 Å². The van der Waals surface area contributed by atoms with Gasteiger partial charge in [-0.25, -0.2) is 19.9 Å². The molecule has 0 bridgehead atoms. The number of benzene rings is 25. The topological polar surface area (TPSA) is 147 Å². The van der Waals surface area contributed by atoms with Gasteiger partial charge in [-0.3, -0.25) is 0 Å². The monoisotopic (exact) mass is 1900 g/mol. The van der Waals surface area contributed by atoms with Crippen molar-refractivity contribution in [2.75, 3.05) is 0 Å². The van der Waals surface area contributed by atoms with Gasteiger partial charge in [-0.05, 0) is 188 Å². The van der Waals surface area contributed by atoms with Crippen LogP contribution in [0.15, 0.2) is 510 Å². The first-order valence-electron chi connectivity index (χ1n) is 50.2. The third kappa shape index (κ3) is 16.2. The van der Waals surface area contributed by atoms with E-state index in [1.54, 1.807) is 0 Å². The Morgan fingerprint density at radius 1 is 0.113 bits per heavy atom. The fourth-order valence-corrected chi connectivity index (χ4v) is 22.1. The third-order valence-electron chi connectivity index (χ3n) is 29.4. The Bertz CT molecular complexity index is 10400. The van der Waals surface area contributed by atoms with Crippen LogP contribution in [-0.4, -0.2) is 19.9 Å². The Kier molecular flexibility index (Phi) is 22.7. The normalized spacial score (nSPS) is 11.3. The van der Waals surface area contributed by atoms with E-state index in [1.807, 2.05) is 91.0 Å². The zero-order chi connectivity index (χ0) is 100. The summed E-state index contributed by atoms with van der Waals surface area (Å²) in [6.45, 7) is 0. The minimum absolute atomic E-state index is 0.663. The molecule has 0 saturated heterocycles. The lowest BCUT2D eigenvalue weighted by Crippen LogP contribution is -1.92. The maximum Gasteiger partial charge on any atom is 0.0991 e. The van der Waals surface area contributed by atoms with E-state index in [1.165, 1.54) is 81.7 Å². The third-order valence-corrected chi connectivity index (χ3v) is 29.4. The summed E-state index contributed by atoms with van der Waals surface area (Å²) in [6.07, 6.45) is 0. The van der Waals surface area contributed by atoms with Gasteiger partial charge in [-0.1, -0.05) is 443 Å². The molecule has 4 heterocycles. The van der Waals surface area contributed by atoms with Crippen molar-refractivity contribution in [3.05, 3.63) is 532 Å². The van der Waals surface area contributed by atoms with Crippen LogP contribution in [0.2, 0.25) is 0 Å². The molecule has 0 radical (unpaired) electrons. The molecule has 0 atom stereocenters. The predicted molar refractivity (Wildman–Crippen MR) is 625 cm³/mol. The van der Waals surface area contributed by atoms with Gasteiger partial charge in [0.25, 0.3) is 0 Å². The molecule has 4 aromatic heterocycles. The number of nitrogens with zero attached hydrogens (tertiary/aromatic N) is 8. The van der Waals surface area contributed by atoms with Crippen LogP contribution in [0.25, 0.3) is 274 Å². The summed E-state index contributed by atoms with van der Waals surface area (Å²) in [5.74, 6) is 0. The summed E-state index contributed by atoms with van der Waals surface area (Å²) in [5.41, 5.74) is 31.3. The molecule has 150 heavy (non-hydrogen) atoms. The second-order valence-corrected chi connectivity index (χ2v) is 38.1. The van der Waals surface area contributed by atoms with Crippen molar-refractivity contribution in [2.24, 2.45) is 0 Å². The molecule has 0 aliphatic carbocycles. The SMILES string of the molecule is N#Cc1ccc(-c2cccc(-c3c4ccc5ccccc5c4nc4c3ccc3ccccc34)c2)cc1.N#Cc1ccc(-c2cccc(-c3ccc(-c4c5ccc6ccccc6c5nc5c4ccc4ccccc45)cc3)c2)cc1.N#Cc1cccc(-c2ccc(-c3c4ccc5ccccc5c4nc4c3ccc3ccccc34)cc2)c1.N#Cc1cccc(-c2cccc(-c3c4ccc5ccccc5c4nc4c3ccc3ccccc34)c2)c1. The van der Waals surface area contributed by atoms with Crippen LogP contribution < -0.4 is 0 Å². The zero-order valence-electron chi connectivity index (χ0n) is 81.1. The van der Waals surface area contributed by atoms with Gasteiger partial charge in [0.1, 0.15) is 0 Å². The average molecular weight is 1900 g/mol. The lowest BCUT2D eigenvalue weighted by molar-refractivity contribution is 1.48. The summed E-state index contributed by atoms with van der Waals surface area (Å²) in [4.78, 5) is 21.2. The van der Waals surface area contributed by atoms with E-state index in [2.05, 4.69) is 443 Å². The lowest BCUT2D eigenvalue weighted by atomic mass is 9.91. The molecule has 8 heteroatoms. The predicted octanol–water partition coefficient (Wildman–Crippen LogP) is 37.3. The highest BCUT2D eigenvalue weighted by Gasteiger charge is 2.24. The standard InChI is InChI=1S/C40H24N2.3C34H20N2/c41-25-26-12-14-27(15-13-26)32-8-5-9-33(24-32)28-16-18-31(19-17-28)38-36-22-20-29-6-1-3-10-34(29)39(36)42-40-35-11-4-2-7-30(35)21-23-37(38)40;35-21-22-7-5-10-25(19-22)26-11-6-12-27(20-26)32-30-17-15-23-8-1-3-13-28(23)33(30)36-34-29-14-4-2-9-24(29)16-18-31(32)34;35-21-22-6-5-9-27(20-22)23-12-14-26(15-13-23)32-30-18-16-24-7-1-3-10-28(24)33(30)36-34-29-11-4-2-8-25(29)17-19-31(32)34;35-21-22-12-14-23(15-13-22)26-8-5-9-27(20-26)32-30-18-16-24-6-1-3-10-28(24)33(30)36-34-29-11-4-2-7-25(29)17-19-31(32)34/h1-24H;3*1-20H. The van der Waals surface area contributed by atoms with Crippen LogP contribution in [0.3, 0.4) is 0 Å². The maximum absolute atomic E-state index is 9.39. The van der Waals surface area contributed by atoms with Crippen LogP contribution in [0.5, 0.6) is 0 Å². The van der Waals surface area contributed by atoms with E-state index in [0.29, 0.717) is 22.3 Å². The van der Waals surface area contributed by atoms with E-state index in [4.69, 9.17) is 25.2 Å². The minimum atomic E-state index is 0.663. The van der Waals surface area contributed by atoms with Crippen molar-refractivity contribution in [3.63, 3.8) is 0 Å². The van der Waals surface area contributed by atoms with E-state index < -0.39 is 0 Å². The fraction of sp³-hybridized carbons (Fsp3) is 0. The summed E-state index contributed by atoms with van der Waals surface area (Å²) < 4.78 is 0. The zero-order valence-corrected chi connectivity index (χ0v) is 81.1. The molecule has 0 aliphatic heterocycles. The van der Waals surface area contributed by atoms with Crippen molar-refractivity contribution in [3.8, 4) is 124 Å². The lowest BCUT2D eigenvalue weighted by Gasteiger charge is -2.15. The first-order valence-corrected chi connectivity index (χ1v) is 50.2. The molecule has 0 saturated carbocycles. The Balaban J connectivity index is 0.000000101. The van der Waals surface area contributed by atoms with Gasteiger partial charge in [0.05, 0.1) is 90.7 Å². The second-order valence-electron chi connectivity index (χ2n) is 38.1. The molecule has 0 unspecified atom stereocenters. The van der Waals surface area contributed by atoms with Crippen LogP contribution in [0.1, 0.15) is 22.3 Å². The summed E-state index contributed by atoms with van der Waals surface area (Å²) >= 11 is 0. The van der Waals surface area contributed by atoms with E-state index >= 15 is 0 Å². The molecular formula is C142H84N8. The highest BCUT2D eigenvalue weighted by Crippen LogP contribution is 2.48. The highest BCUT2D eigenvalue weighted by atomic mass is 14.7. The van der Waals surface area contributed by atoms with E-state index in [9.17, 15) is 15.8 Å². The molecule has 0 amide bonds. The molecule has 8 nitrogen and oxygen atoms in total. The minimum Gasteiger partial charge on any atom is -0.246 e. The molecule has 0 spiro atoms. The Labute approximate surface area is 864 Å². The van der Waals surface area contributed by atoms with E-state index in [0.717, 1.165) is 192 Å². The molecule has 0 N–H and O–H groups in total. The second kappa shape index (κ2) is 38.2. The van der Waals surface area contributed by atoms with Gasteiger partial charge in [-0.2, -0.15) is 21.0 Å². The van der Waals surface area contributed by atoms with Crippen LogP contribution in [0.4, 0.5) is 0 Å². The smallest absolute Gasteiger partial charge is 0.0991 e. The first-order chi connectivity index (χ1) is 74.2. The van der Waals surface area contributed by atoms with Crippen molar-refractivity contribution < 1.29 is 0 Å². The molecule has 29 aromatic rings. The number of aromatic nitrogens is 4. The van der Waals surface area contributed by atoms with Gasteiger partial charge in [0, 0.05) is 108 Å². The average Bonchev–Trinajstić information content (AvgIpc) is 0.739. The fourth-order valence-electron chi connectivity index (χ4n) is 22.1. The number of rotatable bonds is 9. The first kappa shape index (κ1) is 89.3. The van der Waals surface area contributed by atoms with Gasteiger partial charge >= 0.3 is 0 Å².